The number of nitrogens with zero attached hydrogens (tertiary/aromatic N) is 1. The average molecular weight is 304 g/mol. The summed E-state index contributed by atoms with van der Waals surface area (Å²) in [6, 6.07) is 6.05. The van der Waals surface area contributed by atoms with Crippen LogP contribution in [-0.4, -0.2) is 36.0 Å². The summed E-state index contributed by atoms with van der Waals surface area (Å²) in [7, 11) is 1.65. The number of rotatable bonds is 2. The first-order valence-electron chi connectivity index (χ1n) is 6.80. The molecule has 1 N–H and O–H groups in total. The number of methoxy groups -OCH3 is 1. The first-order valence-corrected chi connectivity index (χ1v) is 7.68. The molecule has 1 aromatic heterocycles. The molecule has 1 aromatic carbocycles. The van der Waals surface area contributed by atoms with Crippen LogP contribution < -0.4 is 9.61 Å². The monoisotopic (exact) mass is 304 g/mol. The van der Waals surface area contributed by atoms with Crippen LogP contribution in [-0.2, 0) is 12.8 Å². The number of aromatic nitrogens is 1. The molecule has 0 aliphatic carbocycles. The van der Waals surface area contributed by atoms with Crippen LogP contribution in [0.5, 0.6) is 5.75 Å². The highest BCUT2D eigenvalue weighted by Gasteiger charge is 2.21. The standard InChI is InChI=1S/C15H16N2O3S/c1-20-12-3-2-10-4-6-17(7-5-11(10)8-12)14(18)13-9-21-15(19)16-13/h2-3,8-9H,4-7H2,1H3,(H,16,19). The molecule has 1 aliphatic heterocycles. The molecule has 0 saturated carbocycles. The number of fused-ring (bicyclic) bond motifs is 1. The Hall–Kier alpha value is -2.08. The van der Waals surface area contributed by atoms with E-state index in [1.165, 1.54) is 11.1 Å². The Kier molecular flexibility index (Phi) is 3.79. The van der Waals surface area contributed by atoms with Crippen molar-refractivity contribution in [3.8, 4) is 5.75 Å². The third kappa shape index (κ3) is 2.85. The molecule has 110 valence electrons. The molecule has 0 radical (unpaired) electrons. The highest BCUT2D eigenvalue weighted by atomic mass is 32.1. The van der Waals surface area contributed by atoms with Crippen LogP contribution in [0, 0.1) is 0 Å². The zero-order chi connectivity index (χ0) is 14.8. The van der Waals surface area contributed by atoms with Gasteiger partial charge in [-0.1, -0.05) is 17.4 Å². The number of hydrogen-bond acceptors (Lipinski definition) is 4. The molecule has 0 unspecified atom stereocenters. The van der Waals surface area contributed by atoms with E-state index < -0.39 is 0 Å². The minimum absolute atomic E-state index is 0.104. The van der Waals surface area contributed by atoms with Gasteiger partial charge >= 0.3 is 4.87 Å². The van der Waals surface area contributed by atoms with Gasteiger partial charge in [0.2, 0.25) is 0 Å². The Balaban J connectivity index is 1.78. The summed E-state index contributed by atoms with van der Waals surface area (Å²) in [5.41, 5.74) is 2.86. The summed E-state index contributed by atoms with van der Waals surface area (Å²) < 4.78 is 5.25. The summed E-state index contributed by atoms with van der Waals surface area (Å²) in [5, 5.41) is 1.59. The van der Waals surface area contributed by atoms with Gasteiger partial charge in [0.15, 0.2) is 0 Å². The van der Waals surface area contributed by atoms with Crippen molar-refractivity contribution >= 4 is 17.2 Å². The summed E-state index contributed by atoms with van der Waals surface area (Å²) in [6.45, 7) is 1.31. The molecule has 2 heterocycles. The smallest absolute Gasteiger partial charge is 0.305 e. The SMILES string of the molecule is COc1ccc2c(c1)CCN(C(=O)c1csc(=O)[nH]1)CC2. The quantitative estimate of drug-likeness (QED) is 0.918. The molecular formula is C15H16N2O3S. The predicted octanol–water partition coefficient (Wildman–Crippen LogP) is 1.69. The van der Waals surface area contributed by atoms with Crippen molar-refractivity contribution in [2.24, 2.45) is 0 Å². The van der Waals surface area contributed by atoms with E-state index >= 15 is 0 Å². The van der Waals surface area contributed by atoms with E-state index in [0.29, 0.717) is 18.8 Å². The molecule has 0 spiro atoms. The Bertz CT molecular complexity index is 720. The van der Waals surface area contributed by atoms with E-state index in [9.17, 15) is 9.59 Å². The molecule has 1 amide bonds. The van der Waals surface area contributed by atoms with Gasteiger partial charge in [0.05, 0.1) is 7.11 Å². The Labute approximate surface area is 126 Å². The molecule has 3 rings (SSSR count). The fraction of sp³-hybridized carbons (Fsp3) is 0.333. The maximum atomic E-state index is 12.4. The zero-order valence-corrected chi connectivity index (χ0v) is 12.5. The second-order valence-corrected chi connectivity index (χ2v) is 5.83. The van der Waals surface area contributed by atoms with Crippen LogP contribution in [0.4, 0.5) is 0 Å². The molecule has 21 heavy (non-hydrogen) atoms. The fourth-order valence-corrected chi connectivity index (χ4v) is 3.14. The van der Waals surface area contributed by atoms with Gasteiger partial charge in [-0.25, -0.2) is 0 Å². The number of aromatic amines is 1. The molecule has 6 heteroatoms. The molecule has 0 atom stereocenters. The molecule has 0 saturated heterocycles. The summed E-state index contributed by atoms with van der Waals surface area (Å²) >= 11 is 1.02. The van der Waals surface area contributed by atoms with Crippen LogP contribution in [0.2, 0.25) is 0 Å². The van der Waals surface area contributed by atoms with Crippen molar-refractivity contribution in [1.29, 1.82) is 0 Å². The molecule has 0 bridgehead atoms. The minimum atomic E-state index is -0.193. The first-order chi connectivity index (χ1) is 10.2. The number of ether oxygens (including phenoxy) is 1. The van der Waals surface area contributed by atoms with Crippen molar-refractivity contribution in [1.82, 2.24) is 9.88 Å². The third-order valence-electron chi connectivity index (χ3n) is 3.75. The maximum absolute atomic E-state index is 12.4. The number of carbonyl (C=O) groups excluding carboxylic acids is 1. The van der Waals surface area contributed by atoms with E-state index in [0.717, 1.165) is 29.9 Å². The highest BCUT2D eigenvalue weighted by Crippen LogP contribution is 2.22. The van der Waals surface area contributed by atoms with Crippen LogP contribution in [0.15, 0.2) is 28.4 Å². The number of amides is 1. The van der Waals surface area contributed by atoms with Gasteiger partial charge in [0, 0.05) is 18.5 Å². The lowest BCUT2D eigenvalue weighted by atomic mass is 10.0. The lowest BCUT2D eigenvalue weighted by molar-refractivity contribution is 0.0758. The van der Waals surface area contributed by atoms with Crippen LogP contribution >= 0.6 is 11.3 Å². The number of nitrogens with one attached hydrogen (secondary N) is 1. The number of benzene rings is 1. The fourth-order valence-electron chi connectivity index (χ4n) is 2.59. The minimum Gasteiger partial charge on any atom is -0.497 e. The van der Waals surface area contributed by atoms with E-state index in [1.807, 2.05) is 12.1 Å². The lowest BCUT2D eigenvalue weighted by Crippen LogP contribution is -2.33. The van der Waals surface area contributed by atoms with Crippen molar-refractivity contribution in [3.63, 3.8) is 0 Å². The number of thiazole rings is 1. The number of hydrogen-bond donors (Lipinski definition) is 1. The van der Waals surface area contributed by atoms with Gasteiger partial charge in [-0.2, -0.15) is 0 Å². The lowest BCUT2D eigenvalue weighted by Gasteiger charge is -2.19. The zero-order valence-electron chi connectivity index (χ0n) is 11.7. The molecule has 1 aliphatic rings. The van der Waals surface area contributed by atoms with Gasteiger partial charge < -0.3 is 14.6 Å². The van der Waals surface area contributed by atoms with Gasteiger partial charge in [-0.05, 0) is 36.1 Å². The van der Waals surface area contributed by atoms with Crippen molar-refractivity contribution in [3.05, 3.63) is 50.1 Å². The van der Waals surface area contributed by atoms with Crippen molar-refractivity contribution < 1.29 is 9.53 Å². The summed E-state index contributed by atoms with van der Waals surface area (Å²) in [4.78, 5) is 27.7. The Morgan fingerprint density at radius 1 is 1.29 bits per heavy atom. The highest BCUT2D eigenvalue weighted by molar-refractivity contribution is 7.07. The van der Waals surface area contributed by atoms with E-state index in [-0.39, 0.29) is 10.8 Å². The summed E-state index contributed by atoms with van der Waals surface area (Å²) in [6.07, 6.45) is 1.62. The second kappa shape index (κ2) is 5.73. The van der Waals surface area contributed by atoms with Crippen molar-refractivity contribution in [2.45, 2.75) is 12.8 Å². The molecule has 5 nitrogen and oxygen atoms in total. The van der Waals surface area contributed by atoms with E-state index in [2.05, 4.69) is 11.1 Å². The Morgan fingerprint density at radius 2 is 2.05 bits per heavy atom. The largest absolute Gasteiger partial charge is 0.497 e. The average Bonchev–Trinajstić information content (AvgIpc) is 2.82. The first kappa shape index (κ1) is 13.9. The van der Waals surface area contributed by atoms with Gasteiger partial charge in [-0.15, -0.1) is 0 Å². The Morgan fingerprint density at radius 3 is 2.71 bits per heavy atom. The van der Waals surface area contributed by atoms with Crippen molar-refractivity contribution in [2.75, 3.05) is 20.2 Å². The maximum Gasteiger partial charge on any atom is 0.305 e. The van der Waals surface area contributed by atoms with E-state index in [1.54, 1.807) is 17.4 Å². The van der Waals surface area contributed by atoms with Crippen LogP contribution in [0.3, 0.4) is 0 Å². The van der Waals surface area contributed by atoms with Gasteiger partial charge in [0.1, 0.15) is 11.4 Å². The number of carbonyl (C=O) groups is 1. The number of H-pyrrole nitrogens is 1. The molecule has 2 aromatic rings. The molecular weight excluding hydrogens is 288 g/mol. The second-order valence-electron chi connectivity index (χ2n) is 4.99. The van der Waals surface area contributed by atoms with Gasteiger partial charge in [-0.3, -0.25) is 9.59 Å². The molecule has 0 fully saturated rings. The van der Waals surface area contributed by atoms with E-state index in [4.69, 9.17) is 4.74 Å². The third-order valence-corrected chi connectivity index (χ3v) is 4.42. The summed E-state index contributed by atoms with van der Waals surface area (Å²) in [5.74, 6) is 0.740. The van der Waals surface area contributed by atoms with Gasteiger partial charge in [0.25, 0.3) is 5.91 Å². The van der Waals surface area contributed by atoms with Crippen LogP contribution in [0.1, 0.15) is 21.6 Å². The van der Waals surface area contributed by atoms with Crippen LogP contribution in [0.25, 0.3) is 0 Å². The predicted molar refractivity (Wildman–Crippen MR) is 81.2 cm³/mol. The normalized spacial score (nSPS) is 14.4. The topological polar surface area (TPSA) is 62.4 Å².